The van der Waals surface area contributed by atoms with Crippen LogP contribution in [0.3, 0.4) is 0 Å². The van der Waals surface area contributed by atoms with Crippen molar-refractivity contribution in [2.24, 2.45) is 0 Å². The van der Waals surface area contributed by atoms with Gasteiger partial charge in [-0.1, -0.05) is 29.5 Å². The van der Waals surface area contributed by atoms with Gasteiger partial charge in [-0.15, -0.1) is 0 Å². The summed E-state index contributed by atoms with van der Waals surface area (Å²) in [5, 5.41) is 0.520. The Morgan fingerprint density at radius 2 is 1.95 bits per heavy atom. The first-order chi connectivity index (χ1) is 9.58. The van der Waals surface area contributed by atoms with Crippen molar-refractivity contribution in [2.75, 3.05) is 13.4 Å². The first-order valence-corrected chi connectivity index (χ1v) is 7.12. The van der Waals surface area contributed by atoms with Crippen LogP contribution >= 0.6 is 11.8 Å². The molecule has 0 unspecified atom stereocenters. The summed E-state index contributed by atoms with van der Waals surface area (Å²) in [6.45, 7) is 1.96. The van der Waals surface area contributed by atoms with E-state index in [-0.39, 0.29) is 5.56 Å². The summed E-state index contributed by atoms with van der Waals surface area (Å²) in [5.74, 6) is -0.684. The number of aryl methyl sites for hydroxylation is 1. The Morgan fingerprint density at radius 3 is 2.50 bits per heavy atom. The SMILES string of the molecule is COC(=O)c1cnc(SC)n(-c2ccc(C)cc2)c1=O. The quantitative estimate of drug-likeness (QED) is 0.492. The second-order valence-electron chi connectivity index (χ2n) is 4.13. The number of esters is 1. The van der Waals surface area contributed by atoms with Crippen LogP contribution in [0, 0.1) is 6.92 Å². The molecule has 20 heavy (non-hydrogen) atoms. The molecule has 0 atom stereocenters. The first kappa shape index (κ1) is 14.3. The van der Waals surface area contributed by atoms with Gasteiger partial charge < -0.3 is 4.74 Å². The third-order valence-electron chi connectivity index (χ3n) is 2.81. The number of hydrogen-bond acceptors (Lipinski definition) is 5. The lowest BCUT2D eigenvalue weighted by Crippen LogP contribution is -2.27. The number of carbonyl (C=O) groups is 1. The lowest BCUT2D eigenvalue weighted by Gasteiger charge is -2.11. The van der Waals surface area contributed by atoms with Crippen molar-refractivity contribution < 1.29 is 9.53 Å². The van der Waals surface area contributed by atoms with E-state index in [1.165, 1.54) is 29.6 Å². The standard InChI is InChI=1S/C14H14N2O3S/c1-9-4-6-10(7-5-9)16-12(17)11(13(18)19-2)8-15-14(16)20-3/h4-8H,1-3H3. The van der Waals surface area contributed by atoms with Gasteiger partial charge in [-0.25, -0.2) is 9.78 Å². The maximum atomic E-state index is 12.4. The zero-order chi connectivity index (χ0) is 14.7. The van der Waals surface area contributed by atoms with E-state index in [1.807, 2.05) is 37.4 Å². The van der Waals surface area contributed by atoms with Gasteiger partial charge in [0.25, 0.3) is 5.56 Å². The fourth-order valence-corrected chi connectivity index (χ4v) is 2.28. The number of methoxy groups -OCH3 is 1. The van der Waals surface area contributed by atoms with Gasteiger partial charge in [0, 0.05) is 0 Å². The van der Waals surface area contributed by atoms with Gasteiger partial charge in [0.05, 0.1) is 19.0 Å². The van der Waals surface area contributed by atoms with Crippen molar-refractivity contribution in [1.29, 1.82) is 0 Å². The molecule has 0 aliphatic rings. The highest BCUT2D eigenvalue weighted by Crippen LogP contribution is 2.16. The monoisotopic (exact) mass is 290 g/mol. The van der Waals surface area contributed by atoms with Crippen molar-refractivity contribution in [3.8, 4) is 5.69 Å². The first-order valence-electron chi connectivity index (χ1n) is 5.90. The highest BCUT2D eigenvalue weighted by Gasteiger charge is 2.17. The molecule has 1 aromatic carbocycles. The predicted molar refractivity (Wildman–Crippen MR) is 77.7 cm³/mol. The molecular formula is C14H14N2O3S. The molecule has 5 nitrogen and oxygen atoms in total. The summed E-state index contributed by atoms with van der Waals surface area (Å²) < 4.78 is 6.01. The highest BCUT2D eigenvalue weighted by atomic mass is 32.2. The van der Waals surface area contributed by atoms with Crippen molar-refractivity contribution in [1.82, 2.24) is 9.55 Å². The van der Waals surface area contributed by atoms with E-state index >= 15 is 0 Å². The lowest BCUT2D eigenvalue weighted by atomic mass is 10.2. The van der Waals surface area contributed by atoms with E-state index < -0.39 is 11.5 Å². The number of thioether (sulfide) groups is 1. The van der Waals surface area contributed by atoms with Gasteiger partial charge >= 0.3 is 5.97 Å². The van der Waals surface area contributed by atoms with E-state index in [9.17, 15) is 9.59 Å². The average Bonchev–Trinajstić information content (AvgIpc) is 2.47. The summed E-state index contributed by atoms with van der Waals surface area (Å²) in [7, 11) is 1.24. The molecule has 0 aliphatic heterocycles. The minimum atomic E-state index is -0.684. The molecule has 0 saturated carbocycles. The summed E-state index contributed by atoms with van der Waals surface area (Å²) in [6, 6.07) is 7.44. The maximum Gasteiger partial charge on any atom is 0.345 e. The van der Waals surface area contributed by atoms with Crippen molar-refractivity contribution in [3.05, 3.63) is 51.9 Å². The Hall–Kier alpha value is -2.08. The summed E-state index contributed by atoms with van der Waals surface area (Å²) in [4.78, 5) is 28.2. The van der Waals surface area contributed by atoms with E-state index in [0.29, 0.717) is 10.8 Å². The van der Waals surface area contributed by atoms with Gasteiger partial charge in [0.1, 0.15) is 5.56 Å². The van der Waals surface area contributed by atoms with Crippen LogP contribution in [0.5, 0.6) is 0 Å². The fourth-order valence-electron chi connectivity index (χ4n) is 1.76. The second kappa shape index (κ2) is 5.92. The molecule has 0 bridgehead atoms. The van der Waals surface area contributed by atoms with Crippen LogP contribution in [0.15, 0.2) is 40.4 Å². The second-order valence-corrected chi connectivity index (χ2v) is 4.90. The molecule has 0 amide bonds. The van der Waals surface area contributed by atoms with E-state index in [1.54, 1.807) is 0 Å². The zero-order valence-electron chi connectivity index (χ0n) is 11.4. The molecule has 0 radical (unpaired) electrons. The predicted octanol–water partition coefficient (Wildman–Crippen LogP) is 2.05. The Bertz CT molecular complexity index is 693. The van der Waals surface area contributed by atoms with Crippen LogP contribution in [-0.4, -0.2) is 28.9 Å². The van der Waals surface area contributed by atoms with Crippen molar-refractivity contribution >= 4 is 17.7 Å². The molecule has 0 saturated heterocycles. The number of rotatable bonds is 3. The van der Waals surface area contributed by atoms with E-state index in [2.05, 4.69) is 9.72 Å². The maximum absolute atomic E-state index is 12.4. The molecule has 1 aromatic heterocycles. The summed E-state index contributed by atoms with van der Waals surface area (Å²) in [5.41, 5.74) is 1.25. The zero-order valence-corrected chi connectivity index (χ0v) is 12.2. The van der Waals surface area contributed by atoms with Crippen LogP contribution in [0.1, 0.15) is 15.9 Å². The molecule has 1 heterocycles. The largest absolute Gasteiger partial charge is 0.465 e. The summed E-state index contributed by atoms with van der Waals surface area (Å²) >= 11 is 1.34. The summed E-state index contributed by atoms with van der Waals surface area (Å²) in [6.07, 6.45) is 3.08. The van der Waals surface area contributed by atoms with Gasteiger partial charge in [-0.3, -0.25) is 9.36 Å². The molecule has 2 rings (SSSR count). The Balaban J connectivity index is 2.69. The number of carbonyl (C=O) groups excluding carboxylic acids is 1. The number of aromatic nitrogens is 2. The average molecular weight is 290 g/mol. The molecule has 6 heteroatoms. The Kier molecular flexibility index (Phi) is 4.24. The van der Waals surface area contributed by atoms with Crippen LogP contribution in [0.25, 0.3) is 5.69 Å². The van der Waals surface area contributed by atoms with E-state index in [4.69, 9.17) is 0 Å². The highest BCUT2D eigenvalue weighted by molar-refractivity contribution is 7.98. The third kappa shape index (κ3) is 2.60. The van der Waals surface area contributed by atoms with Crippen molar-refractivity contribution in [2.45, 2.75) is 12.1 Å². The van der Waals surface area contributed by atoms with Crippen molar-refractivity contribution in [3.63, 3.8) is 0 Å². The Labute approximate surface area is 120 Å². The molecule has 104 valence electrons. The minimum Gasteiger partial charge on any atom is -0.465 e. The number of nitrogens with zero attached hydrogens (tertiary/aromatic N) is 2. The third-order valence-corrected chi connectivity index (χ3v) is 3.46. The number of benzene rings is 1. The minimum absolute atomic E-state index is 0.0779. The van der Waals surface area contributed by atoms with Gasteiger partial charge in [-0.2, -0.15) is 0 Å². The molecule has 0 N–H and O–H groups in total. The van der Waals surface area contributed by atoms with Crippen LogP contribution in [0.4, 0.5) is 0 Å². The Morgan fingerprint density at radius 1 is 1.30 bits per heavy atom. The number of ether oxygens (including phenoxy) is 1. The smallest absolute Gasteiger partial charge is 0.345 e. The van der Waals surface area contributed by atoms with Gasteiger partial charge in [-0.05, 0) is 25.3 Å². The van der Waals surface area contributed by atoms with Crippen LogP contribution < -0.4 is 5.56 Å². The molecule has 2 aromatic rings. The molecule has 0 aliphatic carbocycles. The fraction of sp³-hybridized carbons (Fsp3) is 0.214. The lowest BCUT2D eigenvalue weighted by molar-refractivity contribution is 0.0597. The molecule has 0 fully saturated rings. The van der Waals surface area contributed by atoms with Crippen LogP contribution in [-0.2, 0) is 4.74 Å². The van der Waals surface area contributed by atoms with E-state index in [0.717, 1.165) is 5.56 Å². The van der Waals surface area contributed by atoms with Crippen LogP contribution in [0.2, 0.25) is 0 Å². The molecular weight excluding hydrogens is 276 g/mol. The van der Waals surface area contributed by atoms with Gasteiger partial charge in [0.2, 0.25) is 0 Å². The topological polar surface area (TPSA) is 61.2 Å². The molecule has 0 spiro atoms. The normalized spacial score (nSPS) is 10.3. The number of hydrogen-bond donors (Lipinski definition) is 0. The van der Waals surface area contributed by atoms with Gasteiger partial charge in [0.15, 0.2) is 5.16 Å².